The molecule has 0 spiro atoms. The predicted molar refractivity (Wildman–Crippen MR) is 91.3 cm³/mol. The van der Waals surface area contributed by atoms with Crippen LogP contribution in [0.15, 0.2) is 34.0 Å². The van der Waals surface area contributed by atoms with Crippen molar-refractivity contribution >= 4 is 44.3 Å². The highest BCUT2D eigenvalue weighted by atomic mass is 79.9. The number of hydrogen-bond donors (Lipinski definition) is 4. The summed E-state index contributed by atoms with van der Waals surface area (Å²) in [6.45, 7) is 0.654. The second-order valence-corrected chi connectivity index (χ2v) is 6.52. The lowest BCUT2D eigenvalue weighted by Gasteiger charge is -2.13. The number of hydrogen-bond acceptors (Lipinski definition) is 5. The van der Waals surface area contributed by atoms with Crippen LogP contribution in [0.25, 0.3) is 10.9 Å². The van der Waals surface area contributed by atoms with Crippen LogP contribution in [0.1, 0.15) is 5.56 Å². The van der Waals surface area contributed by atoms with E-state index in [1.165, 1.54) is 0 Å². The molecule has 1 aromatic heterocycles. The van der Waals surface area contributed by atoms with Gasteiger partial charge < -0.3 is 15.3 Å². The van der Waals surface area contributed by atoms with Gasteiger partial charge in [-0.2, -0.15) is 11.8 Å². The molecule has 1 heterocycles. The molecule has 2 aromatic rings. The summed E-state index contributed by atoms with van der Waals surface area (Å²) in [5, 5.41) is 26.4. The van der Waals surface area contributed by atoms with E-state index >= 15 is 0 Å². The Morgan fingerprint density at radius 1 is 1.52 bits per heavy atom. The highest BCUT2D eigenvalue weighted by Crippen LogP contribution is 2.23. The van der Waals surface area contributed by atoms with Crippen molar-refractivity contribution in [2.75, 3.05) is 18.6 Å². The molecule has 0 fully saturated rings. The quantitative estimate of drug-likeness (QED) is 0.198. The maximum atomic E-state index is 10.0. The summed E-state index contributed by atoms with van der Waals surface area (Å²) in [5.74, 6) is 0.885. The minimum absolute atomic E-state index is 0.303. The van der Waals surface area contributed by atoms with Crippen LogP contribution in [0.4, 0.5) is 0 Å². The van der Waals surface area contributed by atoms with Crippen LogP contribution in [-0.2, 0) is 6.42 Å². The molecule has 0 saturated heterocycles. The first-order valence-electron chi connectivity index (χ1n) is 6.52. The molecule has 0 aliphatic heterocycles. The average Bonchev–Trinajstić information content (AvgIpc) is 2.87. The number of H-pyrrole nitrogens is 1. The fourth-order valence-electron chi connectivity index (χ4n) is 2.09. The Morgan fingerprint density at radius 2 is 2.33 bits per heavy atom. The Labute approximate surface area is 135 Å². The van der Waals surface area contributed by atoms with Crippen LogP contribution in [-0.4, -0.2) is 45.8 Å². The monoisotopic (exact) mass is 371 g/mol. The Morgan fingerprint density at radius 3 is 3.05 bits per heavy atom. The zero-order chi connectivity index (χ0) is 15.2. The number of halogens is 1. The standard InChI is InChI=1S/C14H18BrN3O2S/c1-21-5-4-16-14(19)13(18-20)6-9-8-17-12-3-2-10(15)7-11(9)12/h2-3,7-8,14,16-17,19-20H,4-6H2,1H3/b18-13+. The van der Waals surface area contributed by atoms with Gasteiger partial charge in [0.25, 0.3) is 0 Å². The molecule has 0 radical (unpaired) electrons. The van der Waals surface area contributed by atoms with Gasteiger partial charge in [-0.15, -0.1) is 0 Å². The SMILES string of the molecule is CSCCNC(O)/C(Cc1c[nH]c2ccc(Br)cc12)=N/O. The molecular formula is C14H18BrN3O2S. The third-order valence-electron chi connectivity index (χ3n) is 3.19. The number of fused-ring (bicyclic) bond motifs is 1. The smallest absolute Gasteiger partial charge is 0.147 e. The maximum Gasteiger partial charge on any atom is 0.147 e. The Balaban J connectivity index is 2.12. The van der Waals surface area contributed by atoms with E-state index in [9.17, 15) is 5.11 Å². The largest absolute Gasteiger partial charge is 0.411 e. The fraction of sp³-hybridized carbons (Fsp3) is 0.357. The summed E-state index contributed by atoms with van der Waals surface area (Å²) in [6, 6.07) is 5.94. The van der Waals surface area contributed by atoms with Crippen molar-refractivity contribution in [1.29, 1.82) is 0 Å². The number of aromatic nitrogens is 1. The Bertz CT molecular complexity index is 630. The van der Waals surface area contributed by atoms with Crippen molar-refractivity contribution in [1.82, 2.24) is 10.3 Å². The van der Waals surface area contributed by atoms with E-state index in [1.54, 1.807) is 11.8 Å². The van der Waals surface area contributed by atoms with Crippen LogP contribution in [0.3, 0.4) is 0 Å². The molecule has 1 unspecified atom stereocenters. The molecule has 114 valence electrons. The molecule has 21 heavy (non-hydrogen) atoms. The zero-order valence-electron chi connectivity index (χ0n) is 11.6. The van der Waals surface area contributed by atoms with E-state index < -0.39 is 6.23 Å². The first-order chi connectivity index (χ1) is 10.2. The zero-order valence-corrected chi connectivity index (χ0v) is 14.0. The summed E-state index contributed by atoms with van der Waals surface area (Å²) in [5.41, 5.74) is 2.29. The van der Waals surface area contributed by atoms with Crippen LogP contribution < -0.4 is 5.32 Å². The van der Waals surface area contributed by atoms with E-state index in [2.05, 4.69) is 31.4 Å². The lowest BCUT2D eigenvalue weighted by molar-refractivity contribution is 0.196. The second-order valence-electron chi connectivity index (χ2n) is 4.62. The van der Waals surface area contributed by atoms with Crippen molar-refractivity contribution in [3.8, 4) is 0 Å². The number of thioether (sulfide) groups is 1. The van der Waals surface area contributed by atoms with Gasteiger partial charge in [-0.05, 0) is 30.0 Å². The van der Waals surface area contributed by atoms with Crippen molar-refractivity contribution in [2.45, 2.75) is 12.6 Å². The molecular weight excluding hydrogens is 354 g/mol. The number of rotatable bonds is 7. The minimum Gasteiger partial charge on any atom is -0.411 e. The Kier molecular flexibility index (Phi) is 6.10. The van der Waals surface area contributed by atoms with Crippen LogP contribution in [0, 0.1) is 0 Å². The third-order valence-corrected chi connectivity index (χ3v) is 4.29. The van der Waals surface area contributed by atoms with Crippen molar-refractivity contribution in [3.05, 3.63) is 34.4 Å². The lowest BCUT2D eigenvalue weighted by atomic mass is 10.1. The normalized spacial score (nSPS) is 13.8. The summed E-state index contributed by atoms with van der Waals surface area (Å²) in [6.07, 6.45) is 3.30. The number of aliphatic hydroxyl groups excluding tert-OH is 1. The molecule has 0 aliphatic rings. The van der Waals surface area contributed by atoms with Gasteiger partial charge in [0.2, 0.25) is 0 Å². The summed E-state index contributed by atoms with van der Waals surface area (Å²) >= 11 is 5.13. The van der Waals surface area contributed by atoms with Crippen LogP contribution >= 0.6 is 27.7 Å². The minimum atomic E-state index is -0.945. The van der Waals surface area contributed by atoms with Gasteiger partial charge in [-0.3, -0.25) is 5.32 Å². The highest BCUT2D eigenvalue weighted by molar-refractivity contribution is 9.10. The number of aliphatic hydroxyl groups is 1. The van der Waals surface area contributed by atoms with Crippen molar-refractivity contribution in [3.63, 3.8) is 0 Å². The number of benzene rings is 1. The van der Waals surface area contributed by atoms with E-state index in [0.29, 0.717) is 18.7 Å². The highest BCUT2D eigenvalue weighted by Gasteiger charge is 2.15. The Hall–Kier alpha value is -1.02. The third kappa shape index (κ3) is 4.23. The maximum absolute atomic E-state index is 10.0. The molecule has 0 saturated carbocycles. The number of nitrogens with zero attached hydrogens (tertiary/aromatic N) is 1. The van der Waals surface area contributed by atoms with Crippen molar-refractivity contribution < 1.29 is 10.3 Å². The molecule has 0 amide bonds. The van der Waals surface area contributed by atoms with Crippen LogP contribution in [0.5, 0.6) is 0 Å². The summed E-state index contributed by atoms with van der Waals surface area (Å²) in [4.78, 5) is 3.17. The van der Waals surface area contributed by atoms with Gasteiger partial charge >= 0.3 is 0 Å². The molecule has 4 N–H and O–H groups in total. The van der Waals surface area contributed by atoms with E-state index in [0.717, 1.165) is 26.7 Å². The van der Waals surface area contributed by atoms with Gasteiger partial charge in [0.15, 0.2) is 0 Å². The van der Waals surface area contributed by atoms with Gasteiger partial charge in [-0.1, -0.05) is 21.1 Å². The first-order valence-corrected chi connectivity index (χ1v) is 8.71. The average molecular weight is 372 g/mol. The molecule has 0 bridgehead atoms. The molecule has 1 aromatic carbocycles. The summed E-state index contributed by atoms with van der Waals surface area (Å²) < 4.78 is 0.983. The molecule has 5 nitrogen and oxygen atoms in total. The fourth-order valence-corrected chi connectivity index (χ4v) is 2.78. The summed E-state index contributed by atoms with van der Waals surface area (Å²) in [7, 11) is 0. The molecule has 7 heteroatoms. The molecule has 0 aliphatic carbocycles. The molecule has 1 atom stereocenters. The van der Waals surface area contributed by atoms with Gasteiger partial charge in [0.05, 0.1) is 0 Å². The predicted octanol–water partition coefficient (Wildman–Crippen LogP) is 2.57. The van der Waals surface area contributed by atoms with Gasteiger partial charge in [0.1, 0.15) is 11.9 Å². The van der Waals surface area contributed by atoms with Crippen LogP contribution in [0.2, 0.25) is 0 Å². The lowest BCUT2D eigenvalue weighted by Crippen LogP contribution is -2.38. The number of nitrogens with one attached hydrogen (secondary N) is 2. The van der Waals surface area contributed by atoms with E-state index in [-0.39, 0.29) is 0 Å². The van der Waals surface area contributed by atoms with Gasteiger partial charge in [0, 0.05) is 40.3 Å². The molecule has 2 rings (SSSR count). The second kappa shape index (κ2) is 7.84. The number of oxime groups is 1. The van der Waals surface area contributed by atoms with E-state index in [1.807, 2.05) is 30.7 Å². The van der Waals surface area contributed by atoms with Crippen molar-refractivity contribution in [2.24, 2.45) is 5.16 Å². The topological polar surface area (TPSA) is 80.6 Å². The first kappa shape index (κ1) is 16.4. The van der Waals surface area contributed by atoms with Gasteiger partial charge in [-0.25, -0.2) is 0 Å². The van der Waals surface area contributed by atoms with E-state index in [4.69, 9.17) is 5.21 Å². The number of aromatic amines is 1.